The largest absolute Gasteiger partial charge is 0.324 e. The molecule has 0 radical (unpaired) electrons. The molecule has 0 fully saturated rings. The van der Waals surface area contributed by atoms with Gasteiger partial charge in [0.2, 0.25) is 5.95 Å². The number of nitrogens with zero attached hydrogens (tertiary/aromatic N) is 2. The van der Waals surface area contributed by atoms with Crippen molar-refractivity contribution in [3.63, 3.8) is 0 Å². The molecule has 0 saturated heterocycles. The summed E-state index contributed by atoms with van der Waals surface area (Å²) in [6, 6.07) is 7.88. The maximum absolute atomic E-state index is 11.4. The van der Waals surface area contributed by atoms with Gasteiger partial charge in [0, 0.05) is 5.69 Å². The van der Waals surface area contributed by atoms with E-state index in [2.05, 4.69) is 27.4 Å². The van der Waals surface area contributed by atoms with Gasteiger partial charge in [-0.1, -0.05) is 25.1 Å². The Morgan fingerprint density at radius 2 is 2.06 bits per heavy atom. The summed E-state index contributed by atoms with van der Waals surface area (Å²) in [5.41, 5.74) is 2.23. The van der Waals surface area contributed by atoms with Gasteiger partial charge in [0.25, 0.3) is 5.56 Å². The van der Waals surface area contributed by atoms with E-state index in [0.717, 1.165) is 17.7 Å². The molecular formula is C12H14N4O. The van der Waals surface area contributed by atoms with Gasteiger partial charge in [0.05, 0.1) is 0 Å². The Hall–Kier alpha value is -2.17. The number of H-pyrrole nitrogens is 1. The molecule has 17 heavy (non-hydrogen) atoms. The fraction of sp³-hybridized carbons (Fsp3) is 0.250. The van der Waals surface area contributed by atoms with Crippen LogP contribution in [-0.4, -0.2) is 15.2 Å². The maximum atomic E-state index is 11.4. The normalized spacial score (nSPS) is 10.2. The second kappa shape index (κ2) is 4.78. The van der Waals surface area contributed by atoms with E-state index in [1.54, 1.807) is 6.92 Å². The summed E-state index contributed by atoms with van der Waals surface area (Å²) < 4.78 is 0. The van der Waals surface area contributed by atoms with Gasteiger partial charge in [-0.15, -0.1) is 10.2 Å². The molecule has 0 aliphatic rings. The molecule has 0 bridgehead atoms. The third-order valence-corrected chi connectivity index (χ3v) is 2.51. The maximum Gasteiger partial charge on any atom is 0.273 e. The smallest absolute Gasteiger partial charge is 0.273 e. The second-order valence-electron chi connectivity index (χ2n) is 3.72. The van der Waals surface area contributed by atoms with Crippen molar-refractivity contribution in [2.75, 3.05) is 5.32 Å². The lowest BCUT2D eigenvalue weighted by molar-refractivity contribution is 0.907. The Balaban J connectivity index is 2.31. The van der Waals surface area contributed by atoms with Crippen LogP contribution < -0.4 is 10.9 Å². The third-order valence-electron chi connectivity index (χ3n) is 2.51. The zero-order chi connectivity index (χ0) is 12.3. The van der Waals surface area contributed by atoms with Gasteiger partial charge in [0.1, 0.15) is 5.69 Å². The van der Waals surface area contributed by atoms with Crippen molar-refractivity contribution in [2.45, 2.75) is 20.3 Å². The molecule has 0 atom stereocenters. The Labute approximate surface area is 98.9 Å². The van der Waals surface area contributed by atoms with Crippen LogP contribution in [0.4, 0.5) is 11.6 Å². The molecule has 1 aromatic heterocycles. The fourth-order valence-electron chi connectivity index (χ4n) is 1.53. The van der Waals surface area contributed by atoms with E-state index in [0.29, 0.717) is 11.6 Å². The number of para-hydroxylation sites is 1. The summed E-state index contributed by atoms with van der Waals surface area (Å²) in [5, 5.41) is 10.7. The van der Waals surface area contributed by atoms with Crippen molar-refractivity contribution in [3.8, 4) is 0 Å². The van der Waals surface area contributed by atoms with Gasteiger partial charge < -0.3 is 5.32 Å². The first-order chi connectivity index (χ1) is 8.20. The number of nitrogens with one attached hydrogen (secondary N) is 2. The van der Waals surface area contributed by atoms with Crippen LogP contribution in [0.15, 0.2) is 29.1 Å². The molecule has 88 valence electrons. The predicted molar refractivity (Wildman–Crippen MR) is 66.5 cm³/mol. The molecule has 2 N–H and O–H groups in total. The molecule has 0 saturated carbocycles. The lowest BCUT2D eigenvalue weighted by Gasteiger charge is -2.08. The first-order valence-electron chi connectivity index (χ1n) is 5.49. The van der Waals surface area contributed by atoms with Crippen molar-refractivity contribution in [1.82, 2.24) is 15.2 Å². The summed E-state index contributed by atoms with van der Waals surface area (Å²) in [7, 11) is 0. The minimum Gasteiger partial charge on any atom is -0.324 e. The molecule has 0 unspecified atom stereocenters. The zero-order valence-electron chi connectivity index (χ0n) is 9.82. The Morgan fingerprint density at radius 1 is 1.29 bits per heavy atom. The van der Waals surface area contributed by atoms with Crippen LogP contribution in [0, 0.1) is 6.92 Å². The van der Waals surface area contributed by atoms with Crippen molar-refractivity contribution in [3.05, 3.63) is 45.9 Å². The monoisotopic (exact) mass is 230 g/mol. The number of benzene rings is 1. The average molecular weight is 230 g/mol. The molecule has 1 heterocycles. The van der Waals surface area contributed by atoms with Crippen molar-refractivity contribution < 1.29 is 0 Å². The standard InChI is InChI=1S/C12H14N4O/c1-3-9-6-4-5-7-10(9)13-12-14-11(17)8(2)15-16-12/h4-7H,3H2,1-2H3,(H2,13,14,16,17). The zero-order valence-corrected chi connectivity index (χ0v) is 9.82. The molecule has 2 rings (SSSR count). The number of hydrogen-bond donors (Lipinski definition) is 2. The molecule has 0 aliphatic carbocycles. The Kier molecular flexibility index (Phi) is 3.18. The SMILES string of the molecule is CCc1ccccc1Nc1nnc(C)c(=O)[nH]1. The second-order valence-corrected chi connectivity index (χ2v) is 3.72. The van der Waals surface area contributed by atoms with Gasteiger partial charge >= 0.3 is 0 Å². The van der Waals surface area contributed by atoms with Crippen molar-refractivity contribution >= 4 is 11.6 Å². The number of aromatic amines is 1. The minimum atomic E-state index is -0.225. The molecule has 5 heteroatoms. The first kappa shape index (κ1) is 11.3. The predicted octanol–water partition coefficient (Wildman–Crippen LogP) is 1.78. The number of aromatic nitrogens is 3. The summed E-state index contributed by atoms with van der Waals surface area (Å²) in [6.07, 6.45) is 0.909. The van der Waals surface area contributed by atoms with Crippen LogP contribution in [0.5, 0.6) is 0 Å². The van der Waals surface area contributed by atoms with Gasteiger partial charge in [0.15, 0.2) is 0 Å². The highest BCUT2D eigenvalue weighted by atomic mass is 16.1. The van der Waals surface area contributed by atoms with E-state index in [-0.39, 0.29) is 5.56 Å². The molecule has 0 aliphatic heterocycles. The number of aryl methyl sites for hydroxylation is 2. The summed E-state index contributed by atoms with van der Waals surface area (Å²) in [6.45, 7) is 3.69. The van der Waals surface area contributed by atoms with E-state index >= 15 is 0 Å². The van der Waals surface area contributed by atoms with Crippen molar-refractivity contribution in [2.24, 2.45) is 0 Å². The average Bonchev–Trinajstić information content (AvgIpc) is 2.34. The van der Waals surface area contributed by atoms with Crippen LogP contribution >= 0.6 is 0 Å². The Bertz CT molecular complexity index is 577. The van der Waals surface area contributed by atoms with E-state index in [9.17, 15) is 4.79 Å². The highest BCUT2D eigenvalue weighted by Gasteiger charge is 2.03. The van der Waals surface area contributed by atoms with E-state index in [1.807, 2.05) is 24.3 Å². The topological polar surface area (TPSA) is 70.7 Å². The summed E-state index contributed by atoms with van der Waals surface area (Å²) in [5.74, 6) is 0.363. The van der Waals surface area contributed by atoms with Gasteiger partial charge in [-0.2, -0.15) is 0 Å². The molecule has 5 nitrogen and oxygen atoms in total. The Morgan fingerprint density at radius 3 is 2.76 bits per heavy atom. The van der Waals surface area contributed by atoms with Gasteiger partial charge in [-0.3, -0.25) is 9.78 Å². The highest BCUT2D eigenvalue weighted by molar-refractivity contribution is 5.57. The van der Waals surface area contributed by atoms with E-state index in [1.165, 1.54) is 0 Å². The van der Waals surface area contributed by atoms with Crippen LogP contribution in [0.1, 0.15) is 18.2 Å². The molecule has 1 aromatic carbocycles. The lowest BCUT2D eigenvalue weighted by atomic mass is 10.1. The number of rotatable bonds is 3. The minimum absolute atomic E-state index is 0.225. The molecule has 2 aromatic rings. The van der Waals surface area contributed by atoms with Crippen LogP contribution in [0.3, 0.4) is 0 Å². The highest BCUT2D eigenvalue weighted by Crippen LogP contribution is 2.17. The summed E-state index contributed by atoms with van der Waals surface area (Å²) in [4.78, 5) is 14.0. The van der Waals surface area contributed by atoms with Crippen LogP contribution in [0.25, 0.3) is 0 Å². The third kappa shape index (κ3) is 2.50. The van der Waals surface area contributed by atoms with Crippen LogP contribution in [-0.2, 0) is 6.42 Å². The van der Waals surface area contributed by atoms with Gasteiger partial charge in [-0.05, 0) is 25.0 Å². The lowest BCUT2D eigenvalue weighted by Crippen LogP contribution is -2.15. The quantitative estimate of drug-likeness (QED) is 0.843. The summed E-state index contributed by atoms with van der Waals surface area (Å²) >= 11 is 0. The molecule has 0 amide bonds. The van der Waals surface area contributed by atoms with Crippen LogP contribution in [0.2, 0.25) is 0 Å². The molecular weight excluding hydrogens is 216 g/mol. The molecule has 0 spiro atoms. The number of anilines is 2. The number of hydrogen-bond acceptors (Lipinski definition) is 4. The fourth-order valence-corrected chi connectivity index (χ4v) is 1.53. The van der Waals surface area contributed by atoms with Gasteiger partial charge in [-0.25, -0.2) is 0 Å². The first-order valence-corrected chi connectivity index (χ1v) is 5.49. The van der Waals surface area contributed by atoms with E-state index in [4.69, 9.17) is 0 Å². The van der Waals surface area contributed by atoms with E-state index < -0.39 is 0 Å². The van der Waals surface area contributed by atoms with Crippen molar-refractivity contribution in [1.29, 1.82) is 0 Å².